The smallest absolute Gasteiger partial charge is 0.320 e. The molecule has 1 N–H and O–H groups in total. The van der Waals surface area contributed by atoms with Crippen LogP contribution in [0.5, 0.6) is 0 Å². The van der Waals surface area contributed by atoms with Crippen LogP contribution in [0.15, 0.2) is 0 Å². The number of nitrogens with zero attached hydrogens (tertiary/aromatic N) is 6. The largest absolute Gasteiger partial charge is 0.332 e. The van der Waals surface area contributed by atoms with Gasteiger partial charge >= 0.3 is 6.03 Å². The van der Waals surface area contributed by atoms with Crippen molar-refractivity contribution < 1.29 is 9.59 Å². The highest BCUT2D eigenvalue weighted by Gasteiger charge is 2.28. The minimum Gasteiger partial charge on any atom is -0.332 e. The van der Waals surface area contributed by atoms with E-state index in [1.54, 1.807) is 14.7 Å². The third kappa shape index (κ3) is 2.86. The second kappa shape index (κ2) is 6.31. The van der Waals surface area contributed by atoms with Crippen LogP contribution in [0.2, 0.25) is 0 Å². The van der Waals surface area contributed by atoms with E-state index in [2.05, 4.69) is 20.6 Å². The number of amides is 3. The summed E-state index contributed by atoms with van der Waals surface area (Å²) < 4.78 is 0. The summed E-state index contributed by atoms with van der Waals surface area (Å²) in [4.78, 5) is 29.4. The fourth-order valence-corrected chi connectivity index (χ4v) is 2.19. The number of hydrogen-bond donors (Lipinski definition) is 1. The molecule has 2 rings (SSSR count). The molecule has 0 spiro atoms. The molecular formula is C11H19N7O2. The summed E-state index contributed by atoms with van der Waals surface area (Å²) >= 11 is 0. The maximum Gasteiger partial charge on any atom is 0.320 e. The van der Waals surface area contributed by atoms with E-state index in [1.807, 2.05) is 13.8 Å². The molecule has 1 aliphatic heterocycles. The number of H-pyrrole nitrogens is 1. The predicted molar refractivity (Wildman–Crippen MR) is 70.0 cm³/mol. The first-order valence-electron chi connectivity index (χ1n) is 6.74. The Labute approximate surface area is 116 Å². The first kappa shape index (κ1) is 14.2. The van der Waals surface area contributed by atoms with Gasteiger partial charge in [-0.15, -0.1) is 10.2 Å². The summed E-state index contributed by atoms with van der Waals surface area (Å²) in [5.74, 6) is -0.192. The highest BCUT2D eigenvalue weighted by Crippen LogP contribution is 2.07. The molecule has 1 aromatic rings. The van der Waals surface area contributed by atoms with Crippen molar-refractivity contribution in [1.29, 1.82) is 0 Å². The fraction of sp³-hybridized carbons (Fsp3) is 0.727. The van der Waals surface area contributed by atoms with E-state index in [-0.39, 0.29) is 17.8 Å². The quantitative estimate of drug-likeness (QED) is 0.799. The number of rotatable bonds is 3. The maximum absolute atomic E-state index is 12.2. The molecule has 0 radical (unpaired) electrons. The van der Waals surface area contributed by atoms with Gasteiger partial charge in [0.15, 0.2) is 0 Å². The van der Waals surface area contributed by atoms with Crippen molar-refractivity contribution in [3.8, 4) is 0 Å². The third-order valence-corrected chi connectivity index (χ3v) is 3.41. The second-order valence-corrected chi connectivity index (χ2v) is 4.47. The van der Waals surface area contributed by atoms with Gasteiger partial charge in [-0.05, 0) is 19.1 Å². The Hall–Kier alpha value is -2.19. The maximum atomic E-state index is 12.2. The Morgan fingerprint density at radius 1 is 1.15 bits per heavy atom. The van der Waals surface area contributed by atoms with E-state index in [4.69, 9.17) is 0 Å². The fourth-order valence-electron chi connectivity index (χ4n) is 2.19. The van der Waals surface area contributed by atoms with E-state index in [1.165, 1.54) is 0 Å². The zero-order chi connectivity index (χ0) is 14.5. The van der Waals surface area contributed by atoms with Crippen molar-refractivity contribution in [3.05, 3.63) is 5.82 Å². The van der Waals surface area contributed by atoms with Crippen LogP contribution in [0.25, 0.3) is 0 Å². The minimum atomic E-state index is -0.256. The third-order valence-electron chi connectivity index (χ3n) is 3.41. The van der Waals surface area contributed by atoms with Gasteiger partial charge in [0, 0.05) is 39.3 Å². The highest BCUT2D eigenvalue weighted by atomic mass is 16.2. The average Bonchev–Trinajstić information content (AvgIpc) is 3.02. The molecule has 0 aliphatic carbocycles. The van der Waals surface area contributed by atoms with E-state index in [0.717, 1.165) is 0 Å². The van der Waals surface area contributed by atoms with Gasteiger partial charge in [-0.1, -0.05) is 0 Å². The molecule has 1 aliphatic rings. The van der Waals surface area contributed by atoms with Crippen molar-refractivity contribution in [3.63, 3.8) is 0 Å². The van der Waals surface area contributed by atoms with E-state index in [0.29, 0.717) is 39.3 Å². The second-order valence-electron chi connectivity index (χ2n) is 4.47. The van der Waals surface area contributed by atoms with Crippen LogP contribution in [0.1, 0.15) is 24.5 Å². The number of urea groups is 1. The number of carbonyl (C=O) groups excluding carboxylic acids is 2. The summed E-state index contributed by atoms with van der Waals surface area (Å²) in [5.41, 5.74) is 0. The van der Waals surface area contributed by atoms with Crippen LogP contribution in [0.4, 0.5) is 4.79 Å². The minimum absolute atomic E-state index is 0.0293. The standard InChI is InChI=1S/C11H19N7O2/c1-3-16(4-2)11(20)18-7-5-17(6-8-18)10(19)9-12-14-15-13-9/h3-8H2,1-2H3,(H,12,13,14,15). The van der Waals surface area contributed by atoms with E-state index >= 15 is 0 Å². The van der Waals surface area contributed by atoms with Crippen molar-refractivity contribution in [1.82, 2.24) is 35.3 Å². The van der Waals surface area contributed by atoms with Crippen molar-refractivity contribution in [2.45, 2.75) is 13.8 Å². The number of aromatic amines is 1. The molecule has 3 amide bonds. The lowest BCUT2D eigenvalue weighted by Gasteiger charge is -2.36. The Morgan fingerprint density at radius 3 is 2.25 bits per heavy atom. The molecule has 0 unspecified atom stereocenters. The predicted octanol–water partition coefficient (Wildman–Crippen LogP) is -0.581. The van der Waals surface area contributed by atoms with Crippen molar-refractivity contribution >= 4 is 11.9 Å². The summed E-state index contributed by atoms with van der Waals surface area (Å²) in [6.07, 6.45) is 0. The summed E-state index contributed by atoms with van der Waals surface area (Å²) in [7, 11) is 0. The van der Waals surface area contributed by atoms with Crippen molar-refractivity contribution in [2.75, 3.05) is 39.3 Å². The number of piperazine rings is 1. The average molecular weight is 281 g/mol. The molecular weight excluding hydrogens is 262 g/mol. The summed E-state index contributed by atoms with van der Waals surface area (Å²) in [5, 5.41) is 13.0. The molecule has 20 heavy (non-hydrogen) atoms. The van der Waals surface area contributed by atoms with Crippen LogP contribution in [-0.2, 0) is 0 Å². The Morgan fingerprint density at radius 2 is 1.75 bits per heavy atom. The van der Waals surface area contributed by atoms with Gasteiger partial charge in [-0.3, -0.25) is 4.79 Å². The molecule has 9 heteroatoms. The molecule has 2 heterocycles. The number of carbonyl (C=O) groups is 2. The van der Waals surface area contributed by atoms with Crippen LogP contribution in [0.3, 0.4) is 0 Å². The topological polar surface area (TPSA) is 98.3 Å². The Balaban J connectivity index is 1.89. The van der Waals surface area contributed by atoms with E-state index in [9.17, 15) is 9.59 Å². The SMILES string of the molecule is CCN(CC)C(=O)N1CCN(C(=O)c2nn[nH]n2)CC1. The molecule has 1 saturated heterocycles. The Bertz CT molecular complexity index is 449. The molecule has 1 fully saturated rings. The molecule has 0 saturated carbocycles. The lowest BCUT2D eigenvalue weighted by atomic mass is 10.3. The number of nitrogens with one attached hydrogen (secondary N) is 1. The van der Waals surface area contributed by atoms with E-state index < -0.39 is 0 Å². The zero-order valence-corrected chi connectivity index (χ0v) is 11.7. The number of aromatic nitrogens is 4. The van der Waals surface area contributed by atoms with Gasteiger partial charge in [0.2, 0.25) is 0 Å². The molecule has 0 bridgehead atoms. The molecule has 0 aromatic carbocycles. The van der Waals surface area contributed by atoms with Crippen molar-refractivity contribution in [2.24, 2.45) is 0 Å². The highest BCUT2D eigenvalue weighted by molar-refractivity contribution is 5.90. The number of tetrazole rings is 1. The molecule has 9 nitrogen and oxygen atoms in total. The van der Waals surface area contributed by atoms with Gasteiger partial charge in [-0.2, -0.15) is 5.21 Å². The van der Waals surface area contributed by atoms with Crippen LogP contribution in [0, 0.1) is 0 Å². The lowest BCUT2D eigenvalue weighted by molar-refractivity contribution is 0.0630. The van der Waals surface area contributed by atoms with Crippen LogP contribution in [-0.4, -0.2) is 86.5 Å². The summed E-state index contributed by atoms with van der Waals surface area (Å²) in [6.45, 7) is 7.32. The zero-order valence-electron chi connectivity index (χ0n) is 11.7. The van der Waals surface area contributed by atoms with Gasteiger partial charge in [-0.25, -0.2) is 4.79 Å². The molecule has 0 atom stereocenters. The van der Waals surface area contributed by atoms with Gasteiger partial charge < -0.3 is 14.7 Å². The number of hydrogen-bond acceptors (Lipinski definition) is 5. The van der Waals surface area contributed by atoms with Crippen LogP contribution >= 0.6 is 0 Å². The monoisotopic (exact) mass is 281 g/mol. The van der Waals surface area contributed by atoms with Gasteiger partial charge in [0.1, 0.15) is 0 Å². The van der Waals surface area contributed by atoms with Gasteiger partial charge in [0.05, 0.1) is 0 Å². The normalized spacial score (nSPS) is 15.3. The van der Waals surface area contributed by atoms with Crippen LogP contribution < -0.4 is 0 Å². The summed E-state index contributed by atoms with van der Waals surface area (Å²) in [6, 6.07) is 0.0293. The van der Waals surface area contributed by atoms with Gasteiger partial charge in [0.25, 0.3) is 11.7 Å². The first-order chi connectivity index (χ1) is 9.67. The Kier molecular flexibility index (Phi) is 4.49. The first-order valence-corrected chi connectivity index (χ1v) is 6.74. The molecule has 110 valence electrons. The lowest BCUT2D eigenvalue weighted by Crippen LogP contribution is -2.54. The molecule has 1 aromatic heterocycles.